The van der Waals surface area contributed by atoms with Crippen LogP contribution in [0.5, 0.6) is 0 Å². The van der Waals surface area contributed by atoms with Gasteiger partial charge in [-0.2, -0.15) is 0 Å². The van der Waals surface area contributed by atoms with Crippen molar-refractivity contribution in [3.05, 3.63) is 35.4 Å². The molecule has 0 aromatic heterocycles. The predicted octanol–water partition coefficient (Wildman–Crippen LogP) is 2.79. The Kier molecular flexibility index (Phi) is 6.60. The summed E-state index contributed by atoms with van der Waals surface area (Å²) in [6, 6.07) is 2.33. The molecule has 0 aliphatic heterocycles. The zero-order valence-corrected chi connectivity index (χ0v) is 10.7. The van der Waals surface area contributed by atoms with Gasteiger partial charge in [0, 0.05) is 6.07 Å². The Bertz CT molecular complexity index is 340. The first-order chi connectivity index (χ1) is 7.40. The van der Waals surface area contributed by atoms with E-state index in [9.17, 15) is 13.9 Å². The SMILES string of the molecule is CC(C)C[C@@H](O)[C@@H](N)c1cc(F)cc(F)c1.Cl. The van der Waals surface area contributed by atoms with E-state index in [1.807, 2.05) is 13.8 Å². The molecule has 0 aliphatic carbocycles. The van der Waals surface area contributed by atoms with Crippen molar-refractivity contribution in [2.24, 2.45) is 11.7 Å². The van der Waals surface area contributed by atoms with Crippen molar-refractivity contribution in [1.29, 1.82) is 0 Å². The molecule has 0 saturated heterocycles. The summed E-state index contributed by atoms with van der Waals surface area (Å²) in [4.78, 5) is 0. The highest BCUT2D eigenvalue weighted by molar-refractivity contribution is 5.85. The topological polar surface area (TPSA) is 46.2 Å². The number of aliphatic hydroxyl groups is 1. The molecule has 5 heteroatoms. The predicted molar refractivity (Wildman–Crippen MR) is 66.0 cm³/mol. The summed E-state index contributed by atoms with van der Waals surface area (Å²) in [6.45, 7) is 3.89. The lowest BCUT2D eigenvalue weighted by Crippen LogP contribution is -2.27. The van der Waals surface area contributed by atoms with E-state index in [-0.39, 0.29) is 23.9 Å². The minimum Gasteiger partial charge on any atom is -0.391 e. The van der Waals surface area contributed by atoms with Crippen LogP contribution in [0, 0.1) is 17.6 Å². The molecule has 0 fully saturated rings. The summed E-state index contributed by atoms with van der Waals surface area (Å²) in [5, 5.41) is 9.75. The molecular weight excluding hydrogens is 248 g/mol. The molecule has 2 nitrogen and oxygen atoms in total. The van der Waals surface area contributed by atoms with Crippen molar-refractivity contribution in [2.75, 3.05) is 0 Å². The quantitative estimate of drug-likeness (QED) is 0.879. The maximum absolute atomic E-state index is 12.9. The lowest BCUT2D eigenvalue weighted by atomic mass is 9.95. The largest absolute Gasteiger partial charge is 0.391 e. The average Bonchev–Trinajstić information content (AvgIpc) is 2.13. The van der Waals surface area contributed by atoms with Gasteiger partial charge in [0.15, 0.2) is 0 Å². The summed E-state index contributed by atoms with van der Waals surface area (Å²) in [5.41, 5.74) is 6.02. The van der Waals surface area contributed by atoms with Crippen molar-refractivity contribution in [3.63, 3.8) is 0 Å². The van der Waals surface area contributed by atoms with Crippen LogP contribution in [0.2, 0.25) is 0 Å². The molecule has 98 valence electrons. The van der Waals surface area contributed by atoms with E-state index >= 15 is 0 Å². The van der Waals surface area contributed by atoms with Crippen molar-refractivity contribution >= 4 is 12.4 Å². The van der Waals surface area contributed by atoms with E-state index in [4.69, 9.17) is 5.73 Å². The maximum atomic E-state index is 12.9. The fraction of sp³-hybridized carbons (Fsp3) is 0.500. The Labute approximate surface area is 106 Å². The fourth-order valence-corrected chi connectivity index (χ4v) is 1.62. The van der Waals surface area contributed by atoms with E-state index in [1.165, 1.54) is 0 Å². The molecule has 1 aromatic rings. The summed E-state index contributed by atoms with van der Waals surface area (Å²) in [6.07, 6.45) is -0.291. The molecule has 3 N–H and O–H groups in total. The summed E-state index contributed by atoms with van der Waals surface area (Å²) in [5.74, 6) is -1.08. The van der Waals surface area contributed by atoms with Gasteiger partial charge in [-0.25, -0.2) is 8.78 Å². The maximum Gasteiger partial charge on any atom is 0.126 e. The van der Waals surface area contributed by atoms with Gasteiger partial charge in [-0.05, 0) is 30.0 Å². The number of rotatable bonds is 4. The Morgan fingerprint density at radius 3 is 2.06 bits per heavy atom. The zero-order chi connectivity index (χ0) is 12.3. The molecule has 0 aliphatic rings. The molecule has 0 spiro atoms. The Morgan fingerprint density at radius 2 is 1.65 bits per heavy atom. The highest BCUT2D eigenvalue weighted by atomic mass is 35.5. The highest BCUT2D eigenvalue weighted by Crippen LogP contribution is 2.21. The van der Waals surface area contributed by atoms with E-state index in [1.54, 1.807) is 0 Å². The number of hydrogen-bond acceptors (Lipinski definition) is 2. The third-order valence-electron chi connectivity index (χ3n) is 2.40. The van der Waals surface area contributed by atoms with Gasteiger partial charge in [-0.1, -0.05) is 13.8 Å². The third kappa shape index (κ3) is 4.98. The first-order valence-electron chi connectivity index (χ1n) is 5.29. The highest BCUT2D eigenvalue weighted by Gasteiger charge is 2.19. The van der Waals surface area contributed by atoms with Gasteiger partial charge in [0.05, 0.1) is 12.1 Å². The smallest absolute Gasteiger partial charge is 0.126 e. The van der Waals surface area contributed by atoms with Crippen LogP contribution in [0.3, 0.4) is 0 Å². The van der Waals surface area contributed by atoms with E-state index in [0.717, 1.165) is 18.2 Å². The van der Waals surface area contributed by atoms with Crippen LogP contribution in [0.1, 0.15) is 31.9 Å². The van der Waals surface area contributed by atoms with E-state index in [2.05, 4.69) is 0 Å². The second kappa shape index (κ2) is 6.89. The summed E-state index contributed by atoms with van der Waals surface area (Å²) >= 11 is 0. The van der Waals surface area contributed by atoms with Gasteiger partial charge >= 0.3 is 0 Å². The molecule has 0 heterocycles. The minimum absolute atomic E-state index is 0. The molecule has 0 radical (unpaired) electrons. The van der Waals surface area contributed by atoms with Gasteiger partial charge in [0.1, 0.15) is 11.6 Å². The van der Waals surface area contributed by atoms with E-state index in [0.29, 0.717) is 6.42 Å². The monoisotopic (exact) mass is 265 g/mol. The second-order valence-corrected chi connectivity index (χ2v) is 4.43. The van der Waals surface area contributed by atoms with Crippen molar-refractivity contribution in [2.45, 2.75) is 32.4 Å². The zero-order valence-electron chi connectivity index (χ0n) is 9.86. The molecule has 1 rings (SSSR count). The normalized spacial score (nSPS) is 14.3. The van der Waals surface area contributed by atoms with Gasteiger partial charge < -0.3 is 10.8 Å². The minimum atomic E-state index is -0.791. The van der Waals surface area contributed by atoms with Crippen LogP contribution < -0.4 is 5.73 Å². The summed E-state index contributed by atoms with van der Waals surface area (Å²) < 4.78 is 25.9. The van der Waals surface area contributed by atoms with Crippen LogP contribution in [-0.4, -0.2) is 11.2 Å². The molecule has 0 saturated carbocycles. The molecule has 2 atom stereocenters. The van der Waals surface area contributed by atoms with Gasteiger partial charge in [-0.3, -0.25) is 0 Å². The summed E-state index contributed by atoms with van der Waals surface area (Å²) in [7, 11) is 0. The number of benzene rings is 1. The molecule has 17 heavy (non-hydrogen) atoms. The Balaban J connectivity index is 0.00000256. The standard InChI is InChI=1S/C12H17F2NO.ClH/c1-7(2)3-11(16)12(15)8-4-9(13)6-10(14)5-8;/h4-7,11-12,16H,3,15H2,1-2H3;1H/t11-,12+;/m1./s1. The lowest BCUT2D eigenvalue weighted by molar-refractivity contribution is 0.121. The molecule has 0 bridgehead atoms. The van der Waals surface area contributed by atoms with Crippen LogP contribution in [-0.2, 0) is 0 Å². The molecule has 1 aromatic carbocycles. The van der Waals surface area contributed by atoms with Crippen molar-refractivity contribution in [3.8, 4) is 0 Å². The fourth-order valence-electron chi connectivity index (χ4n) is 1.62. The molecular formula is C12H18ClF2NO. The van der Waals surface area contributed by atoms with Gasteiger partial charge in [-0.15, -0.1) is 12.4 Å². The Hall–Kier alpha value is -0.710. The number of halogens is 3. The molecule has 0 amide bonds. The first-order valence-corrected chi connectivity index (χ1v) is 5.29. The van der Waals surface area contributed by atoms with Gasteiger partial charge in [0.2, 0.25) is 0 Å². The number of nitrogens with two attached hydrogens (primary N) is 1. The van der Waals surface area contributed by atoms with Crippen molar-refractivity contribution in [1.82, 2.24) is 0 Å². The van der Waals surface area contributed by atoms with Gasteiger partial charge in [0.25, 0.3) is 0 Å². The van der Waals surface area contributed by atoms with Crippen molar-refractivity contribution < 1.29 is 13.9 Å². The Morgan fingerprint density at radius 1 is 1.18 bits per heavy atom. The third-order valence-corrected chi connectivity index (χ3v) is 2.40. The van der Waals surface area contributed by atoms with Crippen LogP contribution in [0.4, 0.5) is 8.78 Å². The van der Waals surface area contributed by atoms with Crippen LogP contribution in [0.15, 0.2) is 18.2 Å². The number of aliphatic hydroxyl groups excluding tert-OH is 1. The van der Waals surface area contributed by atoms with Crippen LogP contribution in [0.25, 0.3) is 0 Å². The molecule has 0 unspecified atom stereocenters. The second-order valence-electron chi connectivity index (χ2n) is 4.43. The number of hydrogen-bond donors (Lipinski definition) is 2. The average molecular weight is 266 g/mol. The lowest BCUT2D eigenvalue weighted by Gasteiger charge is -2.20. The first kappa shape index (κ1) is 16.3. The van der Waals surface area contributed by atoms with Crippen LogP contribution >= 0.6 is 12.4 Å². The van der Waals surface area contributed by atoms with E-state index < -0.39 is 23.8 Å².